The number of carbonyl (C=O) groups is 1. The Morgan fingerprint density at radius 3 is 2.58 bits per heavy atom. The lowest BCUT2D eigenvalue weighted by atomic mass is 9.73. The number of carbonyl (C=O) groups excluding carboxylic acids is 1. The fraction of sp³-hybridized carbons (Fsp3) is 0.321. The number of fused-ring (bicyclic) bond motifs is 1. The molecule has 4 rings (SSSR count). The van der Waals surface area contributed by atoms with Crippen LogP contribution in [0.2, 0.25) is 5.02 Å². The van der Waals surface area contributed by atoms with Crippen molar-refractivity contribution in [1.82, 2.24) is 5.32 Å². The molecule has 1 amide bonds. The summed E-state index contributed by atoms with van der Waals surface area (Å²) in [4.78, 5) is 25.5. The molecule has 0 radical (unpaired) electrons. The summed E-state index contributed by atoms with van der Waals surface area (Å²) in [7, 11) is 0. The summed E-state index contributed by atoms with van der Waals surface area (Å²) >= 11 is 6.28. The van der Waals surface area contributed by atoms with Gasteiger partial charge in [0.1, 0.15) is 16.8 Å². The number of hydrogen-bond donors (Lipinski definition) is 2. The molecule has 0 aromatic heterocycles. The van der Waals surface area contributed by atoms with Crippen LogP contribution < -0.4 is 10.1 Å². The summed E-state index contributed by atoms with van der Waals surface area (Å²) in [6.45, 7) is 5.36. The number of nitro benzene ring substituents is 1. The van der Waals surface area contributed by atoms with Gasteiger partial charge >= 0.3 is 0 Å². The molecular weight excluding hydrogens is 480 g/mol. The number of benzene rings is 3. The predicted molar refractivity (Wildman–Crippen MR) is 138 cm³/mol. The lowest BCUT2D eigenvalue weighted by molar-refractivity contribution is -0.385. The monoisotopic (exact) mass is 508 g/mol. The zero-order chi connectivity index (χ0) is 26.1. The molecule has 0 fully saturated rings. The summed E-state index contributed by atoms with van der Waals surface area (Å²) in [6, 6.07) is 18.1. The first-order valence-corrected chi connectivity index (χ1v) is 12.2. The van der Waals surface area contributed by atoms with Crippen LogP contribution in [0.25, 0.3) is 0 Å². The molecule has 0 saturated heterocycles. The molecule has 0 saturated carbocycles. The van der Waals surface area contributed by atoms with Gasteiger partial charge in [-0.15, -0.1) is 0 Å². The molecule has 1 heterocycles. The summed E-state index contributed by atoms with van der Waals surface area (Å²) in [6.07, 6.45) is 1.54. The lowest BCUT2D eigenvalue weighted by Gasteiger charge is -2.35. The van der Waals surface area contributed by atoms with Crippen molar-refractivity contribution in [3.05, 3.63) is 104 Å². The van der Waals surface area contributed by atoms with Gasteiger partial charge in [0.05, 0.1) is 23.1 Å². The van der Waals surface area contributed by atoms with E-state index in [1.165, 1.54) is 18.2 Å². The summed E-state index contributed by atoms with van der Waals surface area (Å²) in [5.74, 6) is 0.239. The molecule has 2 N–H and O–H groups in total. The molecule has 3 aromatic rings. The largest absolute Gasteiger partial charge is 0.488 e. The van der Waals surface area contributed by atoms with Crippen LogP contribution in [0.4, 0.5) is 5.69 Å². The van der Waals surface area contributed by atoms with E-state index in [2.05, 4.69) is 5.32 Å². The predicted octanol–water partition coefficient (Wildman–Crippen LogP) is 5.51. The van der Waals surface area contributed by atoms with Gasteiger partial charge in [0.15, 0.2) is 0 Å². The Hall–Kier alpha value is -3.42. The Kier molecular flexibility index (Phi) is 7.07. The first-order chi connectivity index (χ1) is 17.0. The number of amides is 1. The Labute approximate surface area is 215 Å². The maximum Gasteiger partial charge on any atom is 0.274 e. The Bertz CT molecular complexity index is 1290. The molecule has 3 aromatic carbocycles. The van der Waals surface area contributed by atoms with E-state index in [1.54, 1.807) is 25.1 Å². The van der Waals surface area contributed by atoms with Crippen molar-refractivity contribution in [1.29, 1.82) is 0 Å². The van der Waals surface area contributed by atoms with Crippen LogP contribution in [-0.4, -0.2) is 28.1 Å². The molecular formula is C28H29ClN2O5. The Morgan fingerprint density at radius 1 is 1.19 bits per heavy atom. The highest BCUT2D eigenvalue weighted by Crippen LogP contribution is 2.42. The number of aryl methyl sites for hydroxylation is 1. The van der Waals surface area contributed by atoms with Crippen molar-refractivity contribution in [3.8, 4) is 5.75 Å². The molecule has 1 aliphatic rings. The van der Waals surface area contributed by atoms with Gasteiger partial charge in [-0.1, -0.05) is 54.1 Å². The van der Waals surface area contributed by atoms with Crippen molar-refractivity contribution in [2.24, 2.45) is 0 Å². The summed E-state index contributed by atoms with van der Waals surface area (Å²) in [5, 5.41) is 25.3. The van der Waals surface area contributed by atoms with Crippen molar-refractivity contribution >= 4 is 23.2 Å². The van der Waals surface area contributed by atoms with E-state index in [4.69, 9.17) is 16.3 Å². The number of halogens is 1. The van der Waals surface area contributed by atoms with Gasteiger partial charge in [-0.2, -0.15) is 0 Å². The molecule has 2 atom stereocenters. The molecule has 1 aliphatic heterocycles. The molecule has 0 bridgehead atoms. The second kappa shape index (κ2) is 9.91. The van der Waals surface area contributed by atoms with E-state index in [0.717, 1.165) is 29.7 Å². The lowest BCUT2D eigenvalue weighted by Crippen LogP contribution is -2.46. The van der Waals surface area contributed by atoms with Gasteiger partial charge in [-0.25, -0.2) is 0 Å². The number of ether oxygens (including phenoxy) is 1. The average molecular weight is 509 g/mol. The Morgan fingerprint density at radius 2 is 1.92 bits per heavy atom. The topological polar surface area (TPSA) is 102 Å². The Balaban J connectivity index is 1.86. The standard InChI is InChI=1S/C28H29ClN2O5/c1-27(2)14-13-19-15-20(9-12-25(19)36-27)28(3,22-16-21(29)10-11-24(22)31(34)35)26(33)30-23(17-32)18-7-5-4-6-8-18/h4-12,15-16,23,32H,13-14,17H2,1-3H3,(H,30,33). The first kappa shape index (κ1) is 25.7. The van der Waals surface area contributed by atoms with Crippen LogP contribution in [0, 0.1) is 10.1 Å². The van der Waals surface area contributed by atoms with Crippen molar-refractivity contribution in [2.45, 2.75) is 50.7 Å². The van der Waals surface area contributed by atoms with Crippen LogP contribution >= 0.6 is 11.6 Å². The highest BCUT2D eigenvalue weighted by Gasteiger charge is 2.43. The molecule has 0 aliphatic carbocycles. The molecule has 8 heteroatoms. The van der Waals surface area contributed by atoms with Gasteiger partial charge in [0.25, 0.3) is 5.69 Å². The third-order valence-electron chi connectivity index (χ3n) is 6.86. The summed E-state index contributed by atoms with van der Waals surface area (Å²) < 4.78 is 6.11. The number of aliphatic hydroxyl groups is 1. The van der Waals surface area contributed by atoms with Crippen molar-refractivity contribution in [2.75, 3.05) is 6.61 Å². The number of aliphatic hydroxyl groups excluding tert-OH is 1. The summed E-state index contributed by atoms with van der Waals surface area (Å²) in [5.41, 5.74) is 0.376. The number of hydrogen-bond acceptors (Lipinski definition) is 5. The normalized spacial score (nSPS) is 16.7. The van der Waals surface area contributed by atoms with Crippen LogP contribution in [0.5, 0.6) is 5.75 Å². The van der Waals surface area contributed by atoms with Crippen LogP contribution in [0.15, 0.2) is 66.7 Å². The third kappa shape index (κ3) is 4.94. The fourth-order valence-electron chi connectivity index (χ4n) is 4.67. The maximum absolute atomic E-state index is 14.0. The quantitative estimate of drug-likeness (QED) is 0.324. The van der Waals surface area contributed by atoms with Crippen molar-refractivity contribution < 1.29 is 19.6 Å². The second-order valence-electron chi connectivity index (χ2n) is 9.85. The van der Waals surface area contributed by atoms with E-state index in [1.807, 2.05) is 44.2 Å². The SMILES string of the molecule is CC1(C)CCc2cc(C(C)(C(=O)NC(CO)c3ccccc3)c3cc(Cl)ccc3[N+](=O)[O-])ccc2O1. The molecule has 188 valence electrons. The zero-order valence-corrected chi connectivity index (χ0v) is 21.2. The minimum Gasteiger partial charge on any atom is -0.488 e. The minimum atomic E-state index is -1.49. The van der Waals surface area contributed by atoms with Gasteiger partial charge in [-0.05, 0) is 68.5 Å². The van der Waals surface area contributed by atoms with Gasteiger partial charge in [0, 0.05) is 11.1 Å². The van der Waals surface area contributed by atoms with Gasteiger partial charge in [0.2, 0.25) is 5.91 Å². The van der Waals surface area contributed by atoms with Gasteiger partial charge in [-0.3, -0.25) is 14.9 Å². The highest BCUT2D eigenvalue weighted by atomic mass is 35.5. The van der Waals surface area contributed by atoms with Crippen LogP contribution in [0.3, 0.4) is 0 Å². The zero-order valence-electron chi connectivity index (χ0n) is 20.5. The first-order valence-electron chi connectivity index (χ1n) is 11.8. The smallest absolute Gasteiger partial charge is 0.274 e. The van der Waals surface area contributed by atoms with E-state index >= 15 is 0 Å². The van der Waals surface area contributed by atoms with Crippen LogP contribution in [0.1, 0.15) is 55.5 Å². The third-order valence-corrected chi connectivity index (χ3v) is 7.09. The van der Waals surface area contributed by atoms with E-state index in [9.17, 15) is 20.0 Å². The van der Waals surface area contributed by atoms with E-state index < -0.39 is 22.3 Å². The fourth-order valence-corrected chi connectivity index (χ4v) is 4.84. The molecule has 36 heavy (non-hydrogen) atoms. The number of nitrogens with zero attached hydrogens (tertiary/aromatic N) is 1. The molecule has 2 unspecified atom stereocenters. The van der Waals surface area contributed by atoms with Crippen LogP contribution in [-0.2, 0) is 16.6 Å². The second-order valence-corrected chi connectivity index (χ2v) is 10.3. The number of nitro groups is 1. The molecule has 0 spiro atoms. The van der Waals surface area contributed by atoms with Gasteiger partial charge < -0.3 is 15.2 Å². The number of nitrogens with one attached hydrogen (secondary N) is 1. The van der Waals surface area contributed by atoms with E-state index in [0.29, 0.717) is 5.56 Å². The highest BCUT2D eigenvalue weighted by molar-refractivity contribution is 6.30. The van der Waals surface area contributed by atoms with Crippen molar-refractivity contribution in [3.63, 3.8) is 0 Å². The van der Waals surface area contributed by atoms with E-state index in [-0.39, 0.29) is 28.5 Å². The average Bonchev–Trinajstić information content (AvgIpc) is 2.86. The molecule has 7 nitrogen and oxygen atoms in total. The number of rotatable bonds is 7. The minimum absolute atomic E-state index is 0.166. The maximum atomic E-state index is 14.0.